The normalized spacial score (nSPS) is 27.0. The van der Waals surface area contributed by atoms with Gasteiger partial charge in [0.05, 0.1) is 12.2 Å². The molecule has 1 saturated heterocycles. The number of aliphatic carboxylic acids is 1. The van der Waals surface area contributed by atoms with Crippen molar-refractivity contribution in [2.75, 3.05) is 19.3 Å². The second-order valence-corrected chi connectivity index (χ2v) is 9.66. The molecule has 2 aliphatic rings. The predicted octanol–water partition coefficient (Wildman–Crippen LogP) is 0.520. The van der Waals surface area contributed by atoms with E-state index in [1.807, 2.05) is 0 Å². The molecule has 0 spiro atoms. The summed E-state index contributed by atoms with van der Waals surface area (Å²) in [7, 11) is -3.54. The van der Waals surface area contributed by atoms with E-state index in [1.165, 1.54) is 4.90 Å². The van der Waals surface area contributed by atoms with E-state index >= 15 is 0 Å². The number of hydrogen-bond donors (Lipinski definition) is 2. The largest absolute Gasteiger partial charge is 0.481 e. The van der Waals surface area contributed by atoms with Gasteiger partial charge in [0.2, 0.25) is 15.9 Å². The fourth-order valence-electron chi connectivity index (χ4n) is 3.27. The van der Waals surface area contributed by atoms with Crippen LogP contribution in [0.15, 0.2) is 0 Å². The van der Waals surface area contributed by atoms with Crippen molar-refractivity contribution >= 4 is 21.9 Å². The lowest BCUT2D eigenvalue weighted by atomic mass is 9.86. The molecule has 1 aliphatic carbocycles. The molecule has 3 atom stereocenters. The summed E-state index contributed by atoms with van der Waals surface area (Å²) in [4.78, 5) is 25.8. The Morgan fingerprint density at radius 2 is 1.78 bits per heavy atom. The Balaban J connectivity index is 2.18. The third kappa shape index (κ3) is 4.44. The van der Waals surface area contributed by atoms with Gasteiger partial charge >= 0.3 is 5.97 Å². The number of amides is 1. The van der Waals surface area contributed by atoms with E-state index in [1.54, 1.807) is 20.8 Å². The molecule has 1 saturated carbocycles. The number of sulfonamides is 1. The van der Waals surface area contributed by atoms with Crippen molar-refractivity contribution in [1.29, 1.82) is 0 Å². The first kappa shape index (κ1) is 18.2. The monoisotopic (exact) mass is 346 g/mol. The van der Waals surface area contributed by atoms with Crippen molar-refractivity contribution in [1.82, 2.24) is 9.62 Å². The number of nitrogens with one attached hydrogen (secondary N) is 1. The van der Waals surface area contributed by atoms with E-state index < -0.39 is 33.4 Å². The maximum Gasteiger partial charge on any atom is 0.308 e. The van der Waals surface area contributed by atoms with Crippen molar-refractivity contribution in [2.24, 2.45) is 23.2 Å². The van der Waals surface area contributed by atoms with Crippen molar-refractivity contribution < 1.29 is 23.1 Å². The van der Waals surface area contributed by atoms with E-state index in [0.29, 0.717) is 12.5 Å². The van der Waals surface area contributed by atoms with Gasteiger partial charge in [-0.3, -0.25) is 9.59 Å². The number of nitrogens with zero attached hydrogens (tertiary/aromatic N) is 1. The average Bonchev–Trinajstić information content (AvgIpc) is 3.11. The van der Waals surface area contributed by atoms with Crippen LogP contribution in [0, 0.1) is 23.2 Å². The SMILES string of the molecule is CC(C)(C)C(NS(C)(=O)=O)C(=O)N1C[C@H](C(=O)O)[C@@H](C2CC2)C1. The summed E-state index contributed by atoms with van der Waals surface area (Å²) < 4.78 is 25.6. The topological polar surface area (TPSA) is 104 Å². The van der Waals surface area contributed by atoms with Gasteiger partial charge in [-0.1, -0.05) is 20.8 Å². The van der Waals surface area contributed by atoms with Crippen LogP contribution < -0.4 is 4.72 Å². The maximum atomic E-state index is 12.8. The second-order valence-electron chi connectivity index (χ2n) is 7.88. The molecule has 2 rings (SSSR count). The minimum atomic E-state index is -3.54. The second kappa shape index (κ2) is 6.05. The zero-order valence-electron chi connectivity index (χ0n) is 14.1. The highest BCUT2D eigenvalue weighted by atomic mass is 32.2. The van der Waals surface area contributed by atoms with Crippen molar-refractivity contribution in [2.45, 2.75) is 39.7 Å². The number of carboxylic acids is 1. The van der Waals surface area contributed by atoms with E-state index in [2.05, 4.69) is 4.72 Å². The lowest BCUT2D eigenvalue weighted by Gasteiger charge is -2.33. The van der Waals surface area contributed by atoms with Gasteiger partial charge in [0.15, 0.2) is 0 Å². The van der Waals surface area contributed by atoms with Gasteiger partial charge in [0.25, 0.3) is 0 Å². The van der Waals surface area contributed by atoms with Crippen molar-refractivity contribution in [3.8, 4) is 0 Å². The van der Waals surface area contributed by atoms with Crippen LogP contribution in [-0.2, 0) is 19.6 Å². The van der Waals surface area contributed by atoms with Crippen LogP contribution in [-0.4, -0.2) is 55.7 Å². The highest BCUT2D eigenvalue weighted by Crippen LogP contribution is 2.44. The van der Waals surface area contributed by atoms with Gasteiger partial charge in [0, 0.05) is 13.1 Å². The highest BCUT2D eigenvalue weighted by molar-refractivity contribution is 7.88. The lowest BCUT2D eigenvalue weighted by molar-refractivity contribution is -0.143. The molecule has 1 amide bonds. The van der Waals surface area contributed by atoms with Gasteiger partial charge in [-0.05, 0) is 30.1 Å². The number of rotatable bonds is 5. The Hall–Kier alpha value is -1.15. The quantitative estimate of drug-likeness (QED) is 0.755. The van der Waals surface area contributed by atoms with E-state index in [-0.39, 0.29) is 18.4 Å². The molecular formula is C15H26N2O5S. The van der Waals surface area contributed by atoms with Crippen LogP contribution >= 0.6 is 0 Å². The summed E-state index contributed by atoms with van der Waals surface area (Å²) in [5.74, 6) is -1.40. The van der Waals surface area contributed by atoms with Crippen molar-refractivity contribution in [3.05, 3.63) is 0 Å². The first-order chi connectivity index (χ1) is 10.4. The number of hydrogen-bond acceptors (Lipinski definition) is 4. The summed E-state index contributed by atoms with van der Waals surface area (Å²) in [6, 6.07) is -0.898. The number of likely N-dealkylation sites (tertiary alicyclic amines) is 1. The lowest BCUT2D eigenvalue weighted by Crippen LogP contribution is -2.54. The zero-order chi connectivity index (χ0) is 17.6. The van der Waals surface area contributed by atoms with E-state index in [4.69, 9.17) is 0 Å². The van der Waals surface area contributed by atoms with Crippen molar-refractivity contribution in [3.63, 3.8) is 0 Å². The first-order valence-corrected chi connectivity index (χ1v) is 9.78. The van der Waals surface area contributed by atoms with Crippen LogP contribution in [0.25, 0.3) is 0 Å². The minimum Gasteiger partial charge on any atom is -0.481 e. The number of carbonyl (C=O) groups is 2. The fourth-order valence-corrected chi connectivity index (χ4v) is 4.15. The Morgan fingerprint density at radius 3 is 2.17 bits per heavy atom. The number of carboxylic acid groups (broad SMARTS) is 1. The predicted molar refractivity (Wildman–Crippen MR) is 85.1 cm³/mol. The van der Waals surface area contributed by atoms with E-state index in [9.17, 15) is 23.1 Å². The Morgan fingerprint density at radius 1 is 1.22 bits per heavy atom. The zero-order valence-corrected chi connectivity index (χ0v) is 14.9. The molecule has 0 aromatic heterocycles. The maximum absolute atomic E-state index is 12.8. The number of carbonyl (C=O) groups excluding carboxylic acids is 1. The van der Waals surface area contributed by atoms with Gasteiger partial charge in [-0.25, -0.2) is 13.1 Å². The van der Waals surface area contributed by atoms with Gasteiger partial charge < -0.3 is 10.0 Å². The smallest absolute Gasteiger partial charge is 0.308 e. The molecule has 8 heteroatoms. The molecule has 2 N–H and O–H groups in total. The molecule has 7 nitrogen and oxygen atoms in total. The highest BCUT2D eigenvalue weighted by Gasteiger charge is 2.48. The Kier molecular flexibility index (Phi) is 4.79. The molecule has 1 unspecified atom stereocenters. The first-order valence-electron chi connectivity index (χ1n) is 7.89. The molecule has 23 heavy (non-hydrogen) atoms. The summed E-state index contributed by atoms with van der Waals surface area (Å²) in [5.41, 5.74) is -0.601. The molecule has 0 bridgehead atoms. The third-order valence-electron chi connectivity index (χ3n) is 4.67. The molecule has 0 radical (unpaired) electrons. The minimum absolute atomic E-state index is 0.0182. The van der Waals surface area contributed by atoms with Crippen LogP contribution in [0.5, 0.6) is 0 Å². The van der Waals surface area contributed by atoms with Crippen LogP contribution in [0.1, 0.15) is 33.6 Å². The summed E-state index contributed by atoms with van der Waals surface area (Å²) in [6.45, 7) is 5.93. The fraction of sp³-hybridized carbons (Fsp3) is 0.867. The molecule has 0 aromatic rings. The Labute approximate surface area is 137 Å². The standard InChI is InChI=1S/C15H26N2O5S/c1-15(2,3)12(16-23(4,21)22)13(18)17-7-10(9-5-6-9)11(8-17)14(19)20/h9-12,16H,5-8H2,1-4H3,(H,19,20)/t10-,11+,12?/m1/s1. The summed E-state index contributed by atoms with van der Waals surface area (Å²) >= 11 is 0. The van der Waals surface area contributed by atoms with Gasteiger partial charge in [-0.2, -0.15) is 0 Å². The molecule has 1 heterocycles. The Bertz CT molecular complexity index is 591. The van der Waals surface area contributed by atoms with E-state index in [0.717, 1.165) is 19.1 Å². The third-order valence-corrected chi connectivity index (χ3v) is 5.33. The molecule has 132 valence electrons. The average molecular weight is 346 g/mol. The summed E-state index contributed by atoms with van der Waals surface area (Å²) in [6.07, 6.45) is 3.05. The van der Waals surface area contributed by atoms with Gasteiger partial charge in [-0.15, -0.1) is 0 Å². The van der Waals surface area contributed by atoms with Crippen LogP contribution in [0.3, 0.4) is 0 Å². The molecule has 0 aromatic carbocycles. The van der Waals surface area contributed by atoms with Gasteiger partial charge in [0.1, 0.15) is 6.04 Å². The summed E-state index contributed by atoms with van der Waals surface area (Å²) in [5, 5.41) is 9.40. The van der Waals surface area contributed by atoms with Crippen LogP contribution in [0.2, 0.25) is 0 Å². The molecule has 2 fully saturated rings. The van der Waals surface area contributed by atoms with Crippen LogP contribution in [0.4, 0.5) is 0 Å². The molecular weight excluding hydrogens is 320 g/mol. The molecule has 1 aliphatic heterocycles.